The van der Waals surface area contributed by atoms with Gasteiger partial charge in [-0.2, -0.15) is 0 Å². The molecule has 0 saturated heterocycles. The summed E-state index contributed by atoms with van der Waals surface area (Å²) in [6.07, 6.45) is -0.179. The summed E-state index contributed by atoms with van der Waals surface area (Å²) >= 11 is 1.26. The lowest BCUT2D eigenvalue weighted by Gasteiger charge is -2.23. The molecule has 0 radical (unpaired) electrons. The molecule has 0 fully saturated rings. The zero-order valence-electron chi connectivity index (χ0n) is 15.0. The van der Waals surface area contributed by atoms with E-state index in [4.69, 9.17) is 9.88 Å². The molecular formula is C18H17N3O6S2. The van der Waals surface area contributed by atoms with Gasteiger partial charge < -0.3 is 15.4 Å². The number of benzene rings is 2. The highest BCUT2D eigenvalue weighted by molar-refractivity contribution is 8.01. The van der Waals surface area contributed by atoms with Crippen molar-refractivity contribution in [3.8, 4) is 0 Å². The van der Waals surface area contributed by atoms with Crippen molar-refractivity contribution in [1.82, 2.24) is 0 Å². The minimum Gasteiger partial charge on any atom is -0.456 e. The van der Waals surface area contributed by atoms with Gasteiger partial charge in [-0.05, 0) is 36.4 Å². The second kappa shape index (κ2) is 8.64. The summed E-state index contributed by atoms with van der Waals surface area (Å²) in [5.74, 6) is -1.59. The lowest BCUT2D eigenvalue weighted by Crippen LogP contribution is -2.32. The van der Waals surface area contributed by atoms with E-state index in [9.17, 15) is 22.8 Å². The number of fused-ring (bicyclic) bond motifs is 1. The van der Waals surface area contributed by atoms with Gasteiger partial charge in [0.1, 0.15) is 0 Å². The summed E-state index contributed by atoms with van der Waals surface area (Å²) in [4.78, 5) is 36.8. The van der Waals surface area contributed by atoms with Crippen LogP contribution in [0.3, 0.4) is 0 Å². The molecule has 9 nitrogen and oxygen atoms in total. The Morgan fingerprint density at radius 3 is 2.52 bits per heavy atom. The number of amides is 2. The smallest absolute Gasteiger partial charge is 0.307 e. The number of nitrogens with one attached hydrogen (secondary N) is 2. The molecule has 29 heavy (non-hydrogen) atoms. The summed E-state index contributed by atoms with van der Waals surface area (Å²) in [5.41, 5.74) is 1.01. The summed E-state index contributed by atoms with van der Waals surface area (Å²) in [5, 5.41) is 9.55. The Morgan fingerprint density at radius 1 is 1.14 bits per heavy atom. The first-order chi connectivity index (χ1) is 13.7. The van der Waals surface area contributed by atoms with E-state index in [-0.39, 0.29) is 17.2 Å². The van der Waals surface area contributed by atoms with Crippen LogP contribution in [0.4, 0.5) is 11.4 Å². The van der Waals surface area contributed by atoms with E-state index >= 15 is 0 Å². The lowest BCUT2D eigenvalue weighted by atomic mass is 10.2. The van der Waals surface area contributed by atoms with Crippen LogP contribution in [-0.4, -0.2) is 38.1 Å². The van der Waals surface area contributed by atoms with Gasteiger partial charge in [0.2, 0.25) is 15.9 Å². The van der Waals surface area contributed by atoms with Crippen LogP contribution in [0.1, 0.15) is 6.42 Å². The molecule has 2 aromatic rings. The second-order valence-corrected chi connectivity index (χ2v) is 8.88. The highest BCUT2D eigenvalue weighted by Gasteiger charge is 2.29. The van der Waals surface area contributed by atoms with E-state index in [1.165, 1.54) is 36.0 Å². The highest BCUT2D eigenvalue weighted by Crippen LogP contribution is 2.36. The Hall–Kier alpha value is -2.89. The quantitative estimate of drug-likeness (QED) is 0.580. The zero-order chi connectivity index (χ0) is 21.0. The third kappa shape index (κ3) is 5.56. The first kappa shape index (κ1) is 20.8. The molecule has 0 bridgehead atoms. The number of anilines is 2. The Balaban J connectivity index is 1.48. The molecule has 2 aromatic carbocycles. The average Bonchev–Trinajstić information content (AvgIpc) is 2.67. The fourth-order valence-electron chi connectivity index (χ4n) is 2.51. The van der Waals surface area contributed by atoms with Crippen molar-refractivity contribution in [2.45, 2.75) is 21.5 Å². The third-order valence-corrected chi connectivity index (χ3v) is 6.09. The Kier molecular flexibility index (Phi) is 6.20. The van der Waals surface area contributed by atoms with Crippen molar-refractivity contribution in [2.75, 3.05) is 17.2 Å². The zero-order valence-corrected chi connectivity index (χ0v) is 16.6. The van der Waals surface area contributed by atoms with Gasteiger partial charge in [-0.25, -0.2) is 13.6 Å². The van der Waals surface area contributed by atoms with Gasteiger partial charge in [0.25, 0.3) is 5.91 Å². The number of carbonyl (C=O) groups is 3. The molecule has 0 unspecified atom stereocenters. The molecule has 0 aromatic heterocycles. The van der Waals surface area contributed by atoms with Gasteiger partial charge >= 0.3 is 5.97 Å². The number of rotatable bonds is 6. The van der Waals surface area contributed by atoms with E-state index in [0.29, 0.717) is 11.4 Å². The number of ether oxygens (including phenoxy) is 1. The van der Waals surface area contributed by atoms with Crippen LogP contribution in [0.15, 0.2) is 58.3 Å². The van der Waals surface area contributed by atoms with Gasteiger partial charge in [-0.15, -0.1) is 11.8 Å². The van der Waals surface area contributed by atoms with Gasteiger partial charge in [0.05, 0.1) is 22.3 Å². The molecule has 3 rings (SSSR count). The number of sulfonamides is 1. The van der Waals surface area contributed by atoms with Crippen molar-refractivity contribution in [3.05, 3.63) is 48.5 Å². The largest absolute Gasteiger partial charge is 0.456 e. The van der Waals surface area contributed by atoms with Gasteiger partial charge in [-0.1, -0.05) is 12.1 Å². The average molecular weight is 435 g/mol. The summed E-state index contributed by atoms with van der Waals surface area (Å²) in [7, 11) is -3.82. The number of esters is 1. The minimum absolute atomic E-state index is 0.0910. The van der Waals surface area contributed by atoms with Crippen LogP contribution in [0.5, 0.6) is 0 Å². The number of carbonyl (C=O) groups excluding carboxylic acids is 3. The number of para-hydroxylation sites is 1. The summed E-state index contributed by atoms with van der Waals surface area (Å²) in [6, 6.07) is 12.5. The van der Waals surface area contributed by atoms with Crippen molar-refractivity contribution in [1.29, 1.82) is 0 Å². The van der Waals surface area contributed by atoms with E-state index < -0.39 is 33.8 Å². The molecule has 11 heteroatoms. The number of hydrogen-bond donors (Lipinski definition) is 3. The van der Waals surface area contributed by atoms with E-state index in [2.05, 4.69) is 10.6 Å². The molecule has 1 aliphatic heterocycles. The topological polar surface area (TPSA) is 145 Å². The normalized spacial score (nSPS) is 15.8. The molecular weight excluding hydrogens is 418 g/mol. The predicted octanol–water partition coefficient (Wildman–Crippen LogP) is 1.32. The Bertz CT molecular complexity index is 1050. The Morgan fingerprint density at radius 2 is 1.83 bits per heavy atom. The van der Waals surface area contributed by atoms with Crippen LogP contribution in [0.25, 0.3) is 0 Å². The maximum Gasteiger partial charge on any atom is 0.307 e. The first-order valence-electron chi connectivity index (χ1n) is 8.37. The predicted molar refractivity (Wildman–Crippen MR) is 107 cm³/mol. The number of nitrogens with two attached hydrogens (primary N) is 1. The number of thioether (sulfide) groups is 1. The molecule has 0 aliphatic carbocycles. The molecule has 0 saturated carbocycles. The minimum atomic E-state index is -3.82. The third-order valence-electron chi connectivity index (χ3n) is 3.89. The van der Waals surface area contributed by atoms with E-state index in [1.807, 2.05) is 12.1 Å². The van der Waals surface area contributed by atoms with E-state index in [0.717, 1.165) is 4.90 Å². The molecule has 2 amide bonds. The van der Waals surface area contributed by atoms with Gasteiger partial charge in [0, 0.05) is 10.6 Å². The summed E-state index contributed by atoms with van der Waals surface area (Å²) in [6.45, 7) is -0.536. The van der Waals surface area contributed by atoms with Crippen LogP contribution in [0.2, 0.25) is 0 Å². The SMILES string of the molecule is NS(=O)(=O)c1ccc(NC(=O)COC(=O)C[C@H]2Sc3ccccc3NC2=O)cc1. The Labute approximate surface area is 171 Å². The first-order valence-corrected chi connectivity index (χ1v) is 10.8. The molecule has 152 valence electrons. The molecule has 0 spiro atoms. The highest BCUT2D eigenvalue weighted by atomic mass is 32.2. The van der Waals surface area contributed by atoms with Gasteiger partial charge in [-0.3, -0.25) is 14.4 Å². The monoisotopic (exact) mass is 435 g/mol. The van der Waals surface area contributed by atoms with Crippen LogP contribution in [-0.2, 0) is 29.1 Å². The number of primary sulfonamides is 1. The molecule has 1 heterocycles. The molecule has 1 atom stereocenters. The second-order valence-electron chi connectivity index (χ2n) is 6.07. The maximum atomic E-state index is 12.1. The molecule has 1 aliphatic rings. The lowest BCUT2D eigenvalue weighted by molar-refractivity contribution is -0.147. The standard InChI is InChI=1S/C18H17N3O6S2/c19-29(25,26)12-7-5-11(6-8-12)20-16(22)10-27-17(23)9-15-18(24)21-13-3-1-2-4-14(13)28-15/h1-8,15H,9-10H2,(H,20,22)(H,21,24)(H2,19,25,26)/t15-/m1/s1. The van der Waals surface area contributed by atoms with Crippen molar-refractivity contribution >= 4 is 50.9 Å². The van der Waals surface area contributed by atoms with E-state index in [1.54, 1.807) is 12.1 Å². The van der Waals surface area contributed by atoms with Crippen molar-refractivity contribution in [2.24, 2.45) is 5.14 Å². The fraction of sp³-hybridized carbons (Fsp3) is 0.167. The van der Waals surface area contributed by atoms with Crippen LogP contribution in [0, 0.1) is 0 Å². The van der Waals surface area contributed by atoms with Crippen molar-refractivity contribution in [3.63, 3.8) is 0 Å². The fourth-order valence-corrected chi connectivity index (χ4v) is 4.12. The number of hydrogen-bond acceptors (Lipinski definition) is 7. The molecule has 4 N–H and O–H groups in total. The van der Waals surface area contributed by atoms with Crippen LogP contribution < -0.4 is 15.8 Å². The van der Waals surface area contributed by atoms with Crippen LogP contribution >= 0.6 is 11.8 Å². The maximum absolute atomic E-state index is 12.1. The summed E-state index contributed by atoms with van der Waals surface area (Å²) < 4.78 is 27.3. The van der Waals surface area contributed by atoms with Gasteiger partial charge in [0.15, 0.2) is 6.61 Å². The van der Waals surface area contributed by atoms with Crippen molar-refractivity contribution < 1.29 is 27.5 Å².